The van der Waals surface area contributed by atoms with Gasteiger partial charge >= 0.3 is 0 Å². The Morgan fingerprint density at radius 2 is 1.62 bits per heavy atom. The molecule has 1 heterocycles. The Kier molecular flexibility index (Phi) is 6.40. The molecule has 0 aliphatic carbocycles. The van der Waals surface area contributed by atoms with Crippen molar-refractivity contribution in [2.75, 3.05) is 26.2 Å². The summed E-state index contributed by atoms with van der Waals surface area (Å²) in [6.45, 7) is 8.23. The maximum absolute atomic E-state index is 12.7. The van der Waals surface area contributed by atoms with Gasteiger partial charge in [0, 0.05) is 32.1 Å². The van der Waals surface area contributed by atoms with Gasteiger partial charge < -0.3 is 4.90 Å². The van der Waals surface area contributed by atoms with E-state index in [0.717, 1.165) is 12.0 Å². The van der Waals surface area contributed by atoms with Gasteiger partial charge in [0.1, 0.15) is 0 Å². The van der Waals surface area contributed by atoms with Crippen LogP contribution in [0.1, 0.15) is 39.2 Å². The van der Waals surface area contributed by atoms with Crippen LogP contribution in [0.25, 0.3) is 0 Å². The van der Waals surface area contributed by atoms with Crippen LogP contribution in [0.15, 0.2) is 29.2 Å². The lowest BCUT2D eigenvalue weighted by Gasteiger charge is -2.33. The summed E-state index contributed by atoms with van der Waals surface area (Å²) in [6, 6.07) is 7.09. The van der Waals surface area contributed by atoms with Crippen molar-refractivity contribution in [3.63, 3.8) is 0 Å². The lowest BCUT2D eigenvalue weighted by molar-refractivity contribution is -0.136. The minimum Gasteiger partial charge on any atom is -0.343 e. The third kappa shape index (κ3) is 3.98. The van der Waals surface area contributed by atoms with Crippen LogP contribution in [0, 0.1) is 5.92 Å². The van der Waals surface area contributed by atoms with Gasteiger partial charge in [-0.15, -0.1) is 0 Å². The summed E-state index contributed by atoms with van der Waals surface area (Å²) in [4.78, 5) is 14.6. The predicted octanol–water partition coefficient (Wildman–Crippen LogP) is 2.52. The highest BCUT2D eigenvalue weighted by Crippen LogP contribution is 2.25. The molecule has 24 heavy (non-hydrogen) atoms. The number of piperidine rings is 1. The molecule has 1 fully saturated rings. The molecule has 6 heteroatoms. The topological polar surface area (TPSA) is 57.7 Å². The Labute approximate surface area is 145 Å². The molecular formula is C18H28N2O3S. The van der Waals surface area contributed by atoms with Crippen LogP contribution in [0.2, 0.25) is 0 Å². The van der Waals surface area contributed by atoms with Gasteiger partial charge in [-0.1, -0.05) is 19.1 Å². The van der Waals surface area contributed by atoms with Crippen molar-refractivity contribution in [2.45, 2.75) is 44.9 Å². The van der Waals surface area contributed by atoms with Gasteiger partial charge in [0.25, 0.3) is 0 Å². The van der Waals surface area contributed by atoms with Crippen molar-refractivity contribution in [1.82, 2.24) is 9.21 Å². The normalized spacial score (nSPS) is 17.0. The first-order valence-corrected chi connectivity index (χ1v) is 10.3. The molecule has 0 atom stereocenters. The van der Waals surface area contributed by atoms with Crippen LogP contribution in [-0.2, 0) is 21.2 Å². The van der Waals surface area contributed by atoms with Crippen molar-refractivity contribution in [3.05, 3.63) is 29.8 Å². The maximum Gasteiger partial charge on any atom is 0.243 e. The number of nitrogens with zero attached hydrogens (tertiary/aromatic N) is 2. The van der Waals surface area contributed by atoms with Crippen molar-refractivity contribution in [3.8, 4) is 0 Å². The fourth-order valence-electron chi connectivity index (χ4n) is 3.18. The molecule has 1 aromatic carbocycles. The van der Waals surface area contributed by atoms with Gasteiger partial charge in [0.05, 0.1) is 4.90 Å². The quantitative estimate of drug-likeness (QED) is 0.790. The second kappa shape index (κ2) is 8.12. The molecule has 0 bridgehead atoms. The second-order valence-corrected chi connectivity index (χ2v) is 8.12. The molecule has 0 unspecified atom stereocenters. The number of amides is 1. The Bertz CT molecular complexity index is 643. The zero-order chi connectivity index (χ0) is 17.7. The standard InChI is InChI=1S/C18H28N2O3S/c1-4-15-7-9-17(10-8-15)24(22,23)20-13-11-16(12-14-20)18(21)19(5-2)6-3/h7-10,16H,4-6,11-14H2,1-3H3. The van der Waals surface area contributed by atoms with Crippen molar-refractivity contribution in [2.24, 2.45) is 5.92 Å². The molecule has 134 valence electrons. The summed E-state index contributed by atoms with van der Waals surface area (Å²) in [5.74, 6) is 0.100. The van der Waals surface area contributed by atoms with E-state index in [4.69, 9.17) is 0 Å². The van der Waals surface area contributed by atoms with Gasteiger partial charge in [-0.3, -0.25) is 4.79 Å². The van der Waals surface area contributed by atoms with E-state index < -0.39 is 10.0 Å². The van der Waals surface area contributed by atoms with E-state index in [9.17, 15) is 13.2 Å². The Morgan fingerprint density at radius 1 is 1.08 bits per heavy atom. The number of benzene rings is 1. The van der Waals surface area contributed by atoms with E-state index in [-0.39, 0.29) is 11.8 Å². The van der Waals surface area contributed by atoms with Crippen molar-refractivity contribution >= 4 is 15.9 Å². The monoisotopic (exact) mass is 352 g/mol. The molecule has 0 radical (unpaired) electrons. The molecule has 1 amide bonds. The van der Waals surface area contributed by atoms with Crippen LogP contribution in [0.4, 0.5) is 0 Å². The third-order valence-electron chi connectivity index (χ3n) is 4.85. The fraction of sp³-hybridized carbons (Fsp3) is 0.611. The number of carbonyl (C=O) groups excluding carboxylic acids is 1. The number of hydrogen-bond acceptors (Lipinski definition) is 3. The minimum atomic E-state index is -3.46. The summed E-state index contributed by atoms with van der Waals surface area (Å²) >= 11 is 0. The van der Waals surface area contributed by atoms with Gasteiger partial charge in [-0.2, -0.15) is 4.31 Å². The largest absolute Gasteiger partial charge is 0.343 e. The molecule has 0 N–H and O–H groups in total. The number of hydrogen-bond donors (Lipinski definition) is 0. The third-order valence-corrected chi connectivity index (χ3v) is 6.76. The Hall–Kier alpha value is -1.40. The second-order valence-electron chi connectivity index (χ2n) is 6.19. The van der Waals surface area contributed by atoms with E-state index in [1.165, 1.54) is 4.31 Å². The van der Waals surface area contributed by atoms with Crippen LogP contribution in [0.5, 0.6) is 0 Å². The van der Waals surface area contributed by atoms with Crippen LogP contribution >= 0.6 is 0 Å². The van der Waals surface area contributed by atoms with Crippen molar-refractivity contribution < 1.29 is 13.2 Å². The lowest BCUT2D eigenvalue weighted by Crippen LogP contribution is -2.44. The van der Waals surface area contributed by atoms with Gasteiger partial charge in [-0.05, 0) is 50.8 Å². The lowest BCUT2D eigenvalue weighted by atomic mass is 9.96. The first kappa shape index (κ1) is 18.9. The van der Waals surface area contributed by atoms with E-state index in [1.807, 2.05) is 37.8 Å². The first-order chi connectivity index (χ1) is 11.4. The molecular weight excluding hydrogens is 324 g/mol. The molecule has 1 aromatic rings. The van der Waals surface area contributed by atoms with Crippen LogP contribution in [-0.4, -0.2) is 49.7 Å². The molecule has 0 aromatic heterocycles. The van der Waals surface area contributed by atoms with E-state index in [2.05, 4.69) is 0 Å². The van der Waals surface area contributed by atoms with E-state index in [1.54, 1.807) is 12.1 Å². The molecule has 5 nitrogen and oxygen atoms in total. The Morgan fingerprint density at radius 3 is 2.08 bits per heavy atom. The molecule has 0 saturated carbocycles. The van der Waals surface area contributed by atoms with E-state index >= 15 is 0 Å². The predicted molar refractivity (Wildman–Crippen MR) is 95.2 cm³/mol. The summed E-state index contributed by atoms with van der Waals surface area (Å²) < 4.78 is 27.0. The smallest absolute Gasteiger partial charge is 0.243 e. The molecule has 1 aliphatic rings. The molecule has 2 rings (SSSR count). The average Bonchev–Trinajstić information content (AvgIpc) is 2.62. The summed E-state index contributed by atoms with van der Waals surface area (Å²) in [6.07, 6.45) is 2.09. The highest BCUT2D eigenvalue weighted by molar-refractivity contribution is 7.89. The van der Waals surface area contributed by atoms with Gasteiger partial charge in [0.15, 0.2) is 0 Å². The zero-order valence-electron chi connectivity index (χ0n) is 14.9. The molecule has 1 saturated heterocycles. The van der Waals surface area contributed by atoms with Gasteiger partial charge in [-0.25, -0.2) is 8.42 Å². The highest BCUT2D eigenvalue weighted by Gasteiger charge is 2.33. The number of sulfonamides is 1. The maximum atomic E-state index is 12.7. The fourth-order valence-corrected chi connectivity index (χ4v) is 4.65. The van der Waals surface area contributed by atoms with E-state index in [0.29, 0.717) is 43.9 Å². The number of aryl methyl sites for hydroxylation is 1. The number of rotatable bonds is 6. The zero-order valence-corrected chi connectivity index (χ0v) is 15.7. The first-order valence-electron chi connectivity index (χ1n) is 8.81. The summed E-state index contributed by atoms with van der Waals surface area (Å²) in [7, 11) is -3.46. The van der Waals surface area contributed by atoms with Crippen molar-refractivity contribution in [1.29, 1.82) is 0 Å². The molecule has 0 spiro atoms. The SMILES string of the molecule is CCc1ccc(S(=O)(=O)N2CCC(C(=O)N(CC)CC)CC2)cc1. The number of carbonyl (C=O) groups is 1. The van der Waals surface area contributed by atoms with Gasteiger partial charge in [0.2, 0.25) is 15.9 Å². The average molecular weight is 353 g/mol. The minimum absolute atomic E-state index is 0.0567. The van der Waals surface area contributed by atoms with Crippen LogP contribution in [0.3, 0.4) is 0 Å². The molecule has 1 aliphatic heterocycles. The Balaban J connectivity index is 2.03. The summed E-state index contributed by atoms with van der Waals surface area (Å²) in [5.41, 5.74) is 1.12. The summed E-state index contributed by atoms with van der Waals surface area (Å²) in [5, 5.41) is 0. The highest BCUT2D eigenvalue weighted by atomic mass is 32.2. The van der Waals surface area contributed by atoms with Crippen LogP contribution < -0.4 is 0 Å².